The molecule has 0 unspecified atom stereocenters. The van der Waals surface area contributed by atoms with Gasteiger partial charge in [0.2, 0.25) is 5.78 Å². The number of halogens is 2. The lowest BCUT2D eigenvalue weighted by atomic mass is 9.86. The van der Waals surface area contributed by atoms with E-state index >= 15 is 0 Å². The molecule has 1 aliphatic rings. The maximum atomic E-state index is 13.8. The van der Waals surface area contributed by atoms with E-state index in [0.29, 0.717) is 25.7 Å². The summed E-state index contributed by atoms with van der Waals surface area (Å²) in [5, 5.41) is 18.7. The molecule has 0 radical (unpaired) electrons. The van der Waals surface area contributed by atoms with Crippen LogP contribution in [-0.4, -0.2) is 39.8 Å². The lowest BCUT2D eigenvalue weighted by Gasteiger charge is -2.21. The first-order valence-electron chi connectivity index (χ1n) is 10.2. The van der Waals surface area contributed by atoms with Crippen molar-refractivity contribution >= 4 is 17.5 Å². The molecule has 0 heterocycles. The largest absolute Gasteiger partial charge is 0.481 e. The molecule has 160 valence electrons. The Morgan fingerprint density at radius 1 is 1.18 bits per heavy atom. The van der Waals surface area contributed by atoms with E-state index in [2.05, 4.69) is 0 Å². The lowest BCUT2D eigenvalue weighted by Crippen LogP contribution is -2.30. The van der Waals surface area contributed by atoms with E-state index in [4.69, 9.17) is 5.11 Å². The summed E-state index contributed by atoms with van der Waals surface area (Å²) in [6, 6.07) is 0. The summed E-state index contributed by atoms with van der Waals surface area (Å²) in [6.45, 7) is 1.78. The highest BCUT2D eigenvalue weighted by atomic mass is 19.3. The van der Waals surface area contributed by atoms with Crippen LogP contribution in [0, 0.1) is 11.8 Å². The standard InChI is InChI=1S/C21H32F2O5/c1-2-3-13-21(22,23)19(26)12-11-16-15(17(24)14-18(16)25)9-7-5-4-6-8-10-20(27)28/h5,7,15-16,18,25H,2-4,6,8-14H2,1H3,(H,27,28)/t15-,16-,18-/m1/s1. The van der Waals surface area contributed by atoms with Crippen molar-refractivity contribution in [2.75, 3.05) is 0 Å². The molecular formula is C21H32F2O5. The number of hydrogen-bond donors (Lipinski definition) is 2. The molecule has 0 saturated heterocycles. The maximum Gasteiger partial charge on any atom is 0.305 e. The SMILES string of the molecule is CCCCC(F)(F)C(=O)CC[C@H]1[C@H](O)CC(=O)[C@@H]1CC=CCCCCC(=O)O. The molecule has 0 aromatic heterocycles. The van der Waals surface area contributed by atoms with E-state index in [1.165, 1.54) is 0 Å². The molecule has 0 aromatic carbocycles. The Kier molecular flexibility index (Phi) is 10.5. The van der Waals surface area contributed by atoms with Crippen LogP contribution in [0.2, 0.25) is 0 Å². The number of carboxylic acids is 1. The Hall–Kier alpha value is -1.63. The van der Waals surface area contributed by atoms with Gasteiger partial charge < -0.3 is 10.2 Å². The predicted molar refractivity (Wildman–Crippen MR) is 101 cm³/mol. The van der Waals surface area contributed by atoms with Gasteiger partial charge in [0.15, 0.2) is 0 Å². The molecule has 1 saturated carbocycles. The second-order valence-electron chi connectivity index (χ2n) is 7.62. The van der Waals surface area contributed by atoms with Crippen molar-refractivity contribution in [2.24, 2.45) is 11.8 Å². The lowest BCUT2D eigenvalue weighted by molar-refractivity contribution is -0.144. The number of hydrogen-bond acceptors (Lipinski definition) is 4. The zero-order valence-electron chi connectivity index (χ0n) is 16.5. The number of aliphatic carboxylic acids is 1. The van der Waals surface area contributed by atoms with Gasteiger partial charge in [0, 0.05) is 31.6 Å². The van der Waals surface area contributed by atoms with E-state index in [9.17, 15) is 28.3 Å². The number of allylic oxidation sites excluding steroid dienone is 2. The first-order valence-corrected chi connectivity index (χ1v) is 10.2. The van der Waals surface area contributed by atoms with E-state index in [0.717, 1.165) is 6.42 Å². The Morgan fingerprint density at radius 2 is 1.89 bits per heavy atom. The molecule has 0 amide bonds. The van der Waals surface area contributed by atoms with Crippen LogP contribution in [0.1, 0.15) is 77.6 Å². The Labute approximate surface area is 165 Å². The van der Waals surface area contributed by atoms with Crippen LogP contribution >= 0.6 is 0 Å². The number of unbranched alkanes of at least 4 members (excludes halogenated alkanes) is 3. The molecule has 0 spiro atoms. The number of carboxylic acid groups (broad SMARTS) is 1. The van der Waals surface area contributed by atoms with Gasteiger partial charge in [0.1, 0.15) is 5.78 Å². The van der Waals surface area contributed by atoms with Crippen molar-refractivity contribution in [3.8, 4) is 0 Å². The van der Waals surface area contributed by atoms with Gasteiger partial charge in [-0.3, -0.25) is 14.4 Å². The molecular weight excluding hydrogens is 370 g/mol. The first-order chi connectivity index (χ1) is 13.2. The van der Waals surface area contributed by atoms with E-state index in [1.807, 2.05) is 12.2 Å². The number of ketones is 2. The van der Waals surface area contributed by atoms with Gasteiger partial charge in [-0.1, -0.05) is 25.5 Å². The van der Waals surface area contributed by atoms with Gasteiger partial charge in [-0.2, -0.15) is 8.78 Å². The zero-order chi connectivity index (χ0) is 21.2. The highest BCUT2D eigenvalue weighted by Gasteiger charge is 2.43. The average molecular weight is 402 g/mol. The summed E-state index contributed by atoms with van der Waals surface area (Å²) in [5.74, 6) is -6.31. The van der Waals surface area contributed by atoms with Crippen molar-refractivity contribution in [1.82, 2.24) is 0 Å². The highest BCUT2D eigenvalue weighted by molar-refractivity contribution is 5.86. The fraction of sp³-hybridized carbons (Fsp3) is 0.762. The third-order valence-electron chi connectivity index (χ3n) is 5.36. The second kappa shape index (κ2) is 12.0. The van der Waals surface area contributed by atoms with Gasteiger partial charge >= 0.3 is 11.9 Å². The van der Waals surface area contributed by atoms with Crippen molar-refractivity contribution in [3.63, 3.8) is 0 Å². The van der Waals surface area contributed by atoms with Crippen LogP contribution < -0.4 is 0 Å². The molecule has 28 heavy (non-hydrogen) atoms. The Balaban J connectivity index is 2.49. The molecule has 0 aromatic rings. The topological polar surface area (TPSA) is 91.7 Å². The molecule has 0 bridgehead atoms. The number of Topliss-reactive ketones (excluding diaryl/α,β-unsaturated/α-hetero) is 2. The minimum Gasteiger partial charge on any atom is -0.481 e. The molecule has 1 rings (SSSR count). The third kappa shape index (κ3) is 8.17. The summed E-state index contributed by atoms with van der Waals surface area (Å²) in [7, 11) is 0. The minimum atomic E-state index is -3.34. The Morgan fingerprint density at radius 3 is 2.54 bits per heavy atom. The molecule has 2 N–H and O–H groups in total. The monoisotopic (exact) mass is 402 g/mol. The normalized spacial score (nSPS) is 22.9. The molecule has 1 fully saturated rings. The van der Waals surface area contributed by atoms with Gasteiger partial charge in [-0.25, -0.2) is 0 Å². The number of aliphatic hydroxyl groups is 1. The van der Waals surface area contributed by atoms with Crippen LogP contribution in [0.25, 0.3) is 0 Å². The average Bonchev–Trinajstić information content (AvgIpc) is 2.89. The molecule has 0 aliphatic heterocycles. The smallest absolute Gasteiger partial charge is 0.305 e. The van der Waals surface area contributed by atoms with Crippen molar-refractivity contribution in [2.45, 2.75) is 89.6 Å². The summed E-state index contributed by atoms with van der Waals surface area (Å²) in [6.07, 6.45) is 5.52. The van der Waals surface area contributed by atoms with E-state index in [1.54, 1.807) is 6.92 Å². The number of carbonyl (C=O) groups is 3. The van der Waals surface area contributed by atoms with E-state index in [-0.39, 0.29) is 37.9 Å². The van der Waals surface area contributed by atoms with Crippen LogP contribution in [0.15, 0.2) is 12.2 Å². The van der Waals surface area contributed by atoms with Crippen LogP contribution in [-0.2, 0) is 14.4 Å². The summed E-state index contributed by atoms with van der Waals surface area (Å²) < 4.78 is 27.6. The van der Waals surface area contributed by atoms with Gasteiger partial charge in [-0.15, -0.1) is 0 Å². The maximum absolute atomic E-state index is 13.8. The summed E-state index contributed by atoms with van der Waals surface area (Å²) in [5.41, 5.74) is 0. The second-order valence-corrected chi connectivity index (χ2v) is 7.62. The van der Waals surface area contributed by atoms with Gasteiger partial charge in [0.05, 0.1) is 6.10 Å². The van der Waals surface area contributed by atoms with Crippen molar-refractivity contribution < 1.29 is 33.4 Å². The molecule has 3 atom stereocenters. The highest BCUT2D eigenvalue weighted by Crippen LogP contribution is 2.36. The van der Waals surface area contributed by atoms with E-state index < -0.39 is 42.0 Å². The fourth-order valence-electron chi connectivity index (χ4n) is 3.63. The molecule has 5 nitrogen and oxygen atoms in total. The third-order valence-corrected chi connectivity index (χ3v) is 5.36. The Bertz CT molecular complexity index is 559. The van der Waals surface area contributed by atoms with Gasteiger partial charge in [-0.05, 0) is 44.4 Å². The predicted octanol–water partition coefficient (Wildman–Crippen LogP) is 4.32. The number of rotatable bonds is 14. The number of aliphatic hydroxyl groups excluding tert-OH is 1. The summed E-state index contributed by atoms with van der Waals surface area (Å²) >= 11 is 0. The van der Waals surface area contributed by atoms with Crippen LogP contribution in [0.4, 0.5) is 8.78 Å². The number of alkyl halides is 2. The zero-order valence-corrected chi connectivity index (χ0v) is 16.5. The quantitative estimate of drug-likeness (QED) is 0.333. The molecule has 1 aliphatic carbocycles. The van der Waals surface area contributed by atoms with Crippen LogP contribution in [0.3, 0.4) is 0 Å². The van der Waals surface area contributed by atoms with Gasteiger partial charge in [0.25, 0.3) is 0 Å². The number of carbonyl (C=O) groups excluding carboxylic acids is 2. The van der Waals surface area contributed by atoms with Crippen LogP contribution in [0.5, 0.6) is 0 Å². The first kappa shape index (κ1) is 24.4. The molecule has 7 heteroatoms. The van der Waals surface area contributed by atoms with Crippen molar-refractivity contribution in [3.05, 3.63) is 12.2 Å². The minimum absolute atomic E-state index is 0.00219. The van der Waals surface area contributed by atoms with Crippen molar-refractivity contribution in [1.29, 1.82) is 0 Å². The fourth-order valence-corrected chi connectivity index (χ4v) is 3.63. The summed E-state index contributed by atoms with van der Waals surface area (Å²) in [4.78, 5) is 34.4.